The first-order valence-corrected chi connectivity index (χ1v) is 6.10. The van der Waals surface area contributed by atoms with Gasteiger partial charge in [0.2, 0.25) is 5.65 Å². The molecule has 0 aliphatic heterocycles. The number of amides is 1. The Bertz CT molecular complexity index is 262. The third kappa shape index (κ3) is 3.88. The summed E-state index contributed by atoms with van der Waals surface area (Å²) >= 11 is 0. The van der Waals surface area contributed by atoms with Crippen molar-refractivity contribution in [3.63, 3.8) is 0 Å². The molecule has 1 unspecified atom stereocenters. The Balaban J connectivity index is 4.62. The first kappa shape index (κ1) is 13.1. The Morgan fingerprint density at radius 1 is 1.36 bits per heavy atom. The van der Waals surface area contributed by atoms with Crippen LogP contribution in [0.2, 0.25) is 0 Å². The Morgan fingerprint density at radius 2 is 1.86 bits per heavy atom. The molecule has 0 rings (SSSR count). The summed E-state index contributed by atoms with van der Waals surface area (Å²) in [4.78, 5) is 24.1. The van der Waals surface area contributed by atoms with Gasteiger partial charge in [-0.15, -0.1) is 0 Å². The molecule has 80 valence electrons. The van der Waals surface area contributed by atoms with Crippen molar-refractivity contribution in [2.24, 2.45) is 0 Å². The molecule has 0 heterocycles. The van der Waals surface area contributed by atoms with E-state index in [0.717, 1.165) is 0 Å². The summed E-state index contributed by atoms with van der Waals surface area (Å²) in [5.41, 5.74) is 0.558. The standard InChI is InChI=1S/C9H17N2O2P/c1-7(12)8(10-2)6-14(5)9(13)11(3)4/h6,10H,1-5H3/b8-6-. The normalized spacial score (nSPS) is 13.4. The van der Waals surface area contributed by atoms with Crippen LogP contribution >= 0.6 is 7.92 Å². The average Bonchev–Trinajstić information content (AvgIpc) is 2.11. The van der Waals surface area contributed by atoms with Crippen LogP contribution in [-0.2, 0) is 4.79 Å². The van der Waals surface area contributed by atoms with Crippen molar-refractivity contribution >= 4 is 19.4 Å². The van der Waals surface area contributed by atoms with Crippen LogP contribution in [0.1, 0.15) is 6.92 Å². The monoisotopic (exact) mass is 216 g/mol. The zero-order valence-electron chi connectivity index (χ0n) is 9.29. The molecule has 0 aromatic heterocycles. The van der Waals surface area contributed by atoms with E-state index in [1.807, 2.05) is 6.66 Å². The van der Waals surface area contributed by atoms with Gasteiger partial charge < -0.3 is 10.2 Å². The lowest BCUT2D eigenvalue weighted by molar-refractivity contribution is -0.113. The summed E-state index contributed by atoms with van der Waals surface area (Å²) in [6, 6.07) is 0. The molecule has 1 N–H and O–H groups in total. The van der Waals surface area contributed by atoms with Gasteiger partial charge in [0.05, 0.1) is 5.70 Å². The van der Waals surface area contributed by atoms with E-state index in [2.05, 4.69) is 5.32 Å². The molecule has 1 atom stereocenters. The summed E-state index contributed by atoms with van der Waals surface area (Å²) in [6.07, 6.45) is 0. The molecule has 14 heavy (non-hydrogen) atoms. The van der Waals surface area contributed by atoms with Crippen LogP contribution in [0.25, 0.3) is 0 Å². The molecule has 0 aromatic carbocycles. The van der Waals surface area contributed by atoms with E-state index in [0.29, 0.717) is 5.70 Å². The molecule has 0 aliphatic carbocycles. The van der Waals surface area contributed by atoms with Gasteiger partial charge >= 0.3 is 0 Å². The topological polar surface area (TPSA) is 49.4 Å². The highest BCUT2D eigenvalue weighted by Crippen LogP contribution is 2.35. The molecule has 0 spiro atoms. The first-order valence-electron chi connectivity index (χ1n) is 4.24. The third-order valence-corrected chi connectivity index (χ3v) is 3.30. The summed E-state index contributed by atoms with van der Waals surface area (Å²) in [5, 5.41) is 2.78. The lowest BCUT2D eigenvalue weighted by Crippen LogP contribution is -2.18. The highest BCUT2D eigenvalue weighted by molar-refractivity contribution is 7.76. The second kappa shape index (κ2) is 5.76. The number of rotatable bonds is 4. The maximum atomic E-state index is 11.5. The van der Waals surface area contributed by atoms with Gasteiger partial charge in [-0.05, 0) is 12.5 Å². The number of nitrogens with one attached hydrogen (secondary N) is 1. The van der Waals surface area contributed by atoms with Crippen molar-refractivity contribution in [3.05, 3.63) is 11.5 Å². The van der Waals surface area contributed by atoms with E-state index in [1.54, 1.807) is 27.0 Å². The first-order chi connectivity index (χ1) is 6.40. The fraction of sp³-hybridized carbons (Fsp3) is 0.556. The van der Waals surface area contributed by atoms with Crippen LogP contribution < -0.4 is 5.32 Å². The van der Waals surface area contributed by atoms with Gasteiger partial charge in [0, 0.05) is 36.0 Å². The van der Waals surface area contributed by atoms with E-state index < -0.39 is 7.92 Å². The van der Waals surface area contributed by atoms with Gasteiger partial charge in [-0.3, -0.25) is 9.59 Å². The van der Waals surface area contributed by atoms with Gasteiger partial charge in [0.1, 0.15) is 0 Å². The molecule has 4 nitrogen and oxygen atoms in total. The number of hydrogen-bond acceptors (Lipinski definition) is 3. The molecule has 0 aliphatic rings. The number of nitrogens with zero attached hydrogens (tertiary/aromatic N) is 1. The lowest BCUT2D eigenvalue weighted by Gasteiger charge is -2.14. The number of carbonyl (C=O) groups excluding carboxylic acids is 2. The number of ketones is 1. The number of hydrogen-bond donors (Lipinski definition) is 1. The third-order valence-electron chi connectivity index (χ3n) is 1.66. The minimum atomic E-state index is -0.917. The minimum absolute atomic E-state index is 0.0478. The summed E-state index contributed by atoms with van der Waals surface area (Å²) in [7, 11) is 4.18. The molecule has 0 bridgehead atoms. The van der Waals surface area contributed by atoms with E-state index in [1.165, 1.54) is 11.8 Å². The molecule has 0 saturated heterocycles. The largest absolute Gasteiger partial charge is 0.385 e. The van der Waals surface area contributed by atoms with Gasteiger partial charge in [0.15, 0.2) is 5.78 Å². The van der Waals surface area contributed by atoms with Gasteiger partial charge in [-0.2, -0.15) is 0 Å². The summed E-state index contributed by atoms with van der Waals surface area (Å²) < 4.78 is 0. The van der Waals surface area contributed by atoms with Crippen LogP contribution in [0.5, 0.6) is 0 Å². The van der Waals surface area contributed by atoms with Gasteiger partial charge in [-0.1, -0.05) is 0 Å². The van der Waals surface area contributed by atoms with Gasteiger partial charge in [-0.25, -0.2) is 0 Å². The van der Waals surface area contributed by atoms with Crippen molar-refractivity contribution in [1.82, 2.24) is 10.2 Å². The number of Topliss-reactive ketones (excluding diaryl/α,β-unsaturated/α-hetero) is 1. The average molecular weight is 216 g/mol. The number of allylic oxidation sites excluding steroid dienone is 1. The highest BCUT2D eigenvalue weighted by atomic mass is 31.1. The SMILES string of the molecule is CN/C(=C\P(C)C(=O)N(C)C)C(C)=O. The van der Waals surface area contributed by atoms with Crippen LogP contribution in [0.4, 0.5) is 4.79 Å². The Labute approximate surface area is 86.1 Å². The molecule has 0 saturated carbocycles. The van der Waals surface area contributed by atoms with Crippen molar-refractivity contribution < 1.29 is 9.59 Å². The maximum Gasteiger partial charge on any atom is 0.246 e. The zero-order valence-corrected chi connectivity index (χ0v) is 10.2. The lowest BCUT2D eigenvalue weighted by atomic mass is 10.3. The maximum absolute atomic E-state index is 11.5. The predicted octanol–water partition coefficient (Wildman–Crippen LogP) is 1.43. The molecular weight excluding hydrogens is 199 g/mol. The highest BCUT2D eigenvalue weighted by Gasteiger charge is 2.13. The van der Waals surface area contributed by atoms with Crippen LogP contribution in [0, 0.1) is 0 Å². The fourth-order valence-electron chi connectivity index (χ4n) is 0.896. The summed E-state index contributed by atoms with van der Waals surface area (Å²) in [5.74, 6) is 1.66. The van der Waals surface area contributed by atoms with E-state index in [9.17, 15) is 9.59 Å². The Kier molecular flexibility index (Phi) is 5.39. The fourth-order valence-corrected chi connectivity index (χ4v) is 2.34. The second-order valence-corrected chi connectivity index (χ2v) is 5.00. The van der Waals surface area contributed by atoms with Crippen molar-refractivity contribution in [2.75, 3.05) is 27.8 Å². The van der Waals surface area contributed by atoms with Crippen molar-refractivity contribution in [1.29, 1.82) is 0 Å². The van der Waals surface area contributed by atoms with E-state index in [-0.39, 0.29) is 11.4 Å². The predicted molar refractivity (Wildman–Crippen MR) is 59.8 cm³/mol. The van der Waals surface area contributed by atoms with Gasteiger partial charge in [0.25, 0.3) is 0 Å². The van der Waals surface area contributed by atoms with Crippen LogP contribution in [-0.4, -0.2) is 44.1 Å². The van der Waals surface area contributed by atoms with Crippen molar-refractivity contribution in [3.8, 4) is 0 Å². The molecule has 1 amide bonds. The molecular formula is C9H17N2O2P. The zero-order chi connectivity index (χ0) is 11.3. The minimum Gasteiger partial charge on any atom is -0.385 e. The molecule has 0 fully saturated rings. The molecule has 0 aromatic rings. The Morgan fingerprint density at radius 3 is 2.14 bits per heavy atom. The smallest absolute Gasteiger partial charge is 0.246 e. The van der Waals surface area contributed by atoms with Crippen LogP contribution in [0.3, 0.4) is 0 Å². The Hall–Kier alpha value is -0.890. The summed E-state index contributed by atoms with van der Waals surface area (Å²) in [6.45, 7) is 3.31. The van der Waals surface area contributed by atoms with Crippen molar-refractivity contribution in [2.45, 2.75) is 6.92 Å². The molecule has 0 radical (unpaired) electrons. The quantitative estimate of drug-likeness (QED) is 0.571. The second-order valence-electron chi connectivity index (χ2n) is 3.14. The van der Waals surface area contributed by atoms with E-state index in [4.69, 9.17) is 0 Å². The molecule has 5 heteroatoms. The number of likely N-dealkylation sites (N-methyl/N-ethyl adjacent to an activating group) is 1. The van der Waals surface area contributed by atoms with E-state index >= 15 is 0 Å². The number of carbonyl (C=O) groups is 2. The van der Waals surface area contributed by atoms with Crippen LogP contribution in [0.15, 0.2) is 11.5 Å².